The van der Waals surface area contributed by atoms with Crippen LogP contribution >= 0.6 is 0 Å². The molecular formula is C12H15F2NO4. The van der Waals surface area contributed by atoms with Gasteiger partial charge in [0.25, 0.3) is 0 Å². The number of carbonyl (C=O) groups is 1. The molecule has 0 aliphatic rings. The van der Waals surface area contributed by atoms with Gasteiger partial charge in [-0.1, -0.05) is 6.07 Å². The second-order valence-corrected chi connectivity index (χ2v) is 3.78. The minimum atomic E-state index is -0.982. The molecule has 5 nitrogen and oxygen atoms in total. The zero-order valence-electron chi connectivity index (χ0n) is 10.6. The van der Waals surface area contributed by atoms with Crippen molar-refractivity contribution < 1.29 is 28.3 Å². The monoisotopic (exact) mass is 275 g/mol. The third-order valence-electron chi connectivity index (χ3n) is 2.34. The lowest BCUT2D eigenvalue weighted by atomic mass is 10.1. The van der Waals surface area contributed by atoms with Crippen molar-refractivity contribution in [3.8, 4) is 0 Å². The SMILES string of the molecule is COCN(OC(C)=O)C(CO)c1ccc(F)cc1F. The Labute approximate surface area is 109 Å². The van der Waals surface area contributed by atoms with Crippen LogP contribution in [0.25, 0.3) is 0 Å². The van der Waals surface area contributed by atoms with Crippen molar-refractivity contribution in [2.75, 3.05) is 20.4 Å². The van der Waals surface area contributed by atoms with Gasteiger partial charge in [0.1, 0.15) is 18.4 Å². The van der Waals surface area contributed by atoms with Crippen molar-refractivity contribution in [2.24, 2.45) is 0 Å². The van der Waals surface area contributed by atoms with Crippen molar-refractivity contribution in [3.63, 3.8) is 0 Å². The highest BCUT2D eigenvalue weighted by Gasteiger charge is 2.25. The highest BCUT2D eigenvalue weighted by atomic mass is 19.1. The molecule has 7 heteroatoms. The molecule has 0 saturated carbocycles. The van der Waals surface area contributed by atoms with Crippen LogP contribution in [-0.4, -0.2) is 36.6 Å². The van der Waals surface area contributed by atoms with Crippen LogP contribution in [-0.2, 0) is 14.4 Å². The predicted molar refractivity (Wildman–Crippen MR) is 61.7 cm³/mol. The Morgan fingerprint density at radius 3 is 2.63 bits per heavy atom. The van der Waals surface area contributed by atoms with E-state index in [0.717, 1.165) is 18.1 Å². The summed E-state index contributed by atoms with van der Waals surface area (Å²) in [5, 5.41) is 10.3. The van der Waals surface area contributed by atoms with Gasteiger partial charge < -0.3 is 14.7 Å². The normalized spacial score (nSPS) is 12.5. The van der Waals surface area contributed by atoms with Crippen LogP contribution in [0.5, 0.6) is 0 Å². The van der Waals surface area contributed by atoms with Crippen LogP contribution in [0.2, 0.25) is 0 Å². The number of carbonyl (C=O) groups excluding carboxylic acids is 1. The molecule has 1 N–H and O–H groups in total. The summed E-state index contributed by atoms with van der Waals surface area (Å²) < 4.78 is 31.3. The van der Waals surface area contributed by atoms with Gasteiger partial charge in [-0.05, 0) is 6.07 Å². The maximum Gasteiger partial charge on any atom is 0.322 e. The smallest absolute Gasteiger partial charge is 0.322 e. The van der Waals surface area contributed by atoms with Gasteiger partial charge in [-0.25, -0.2) is 8.78 Å². The van der Waals surface area contributed by atoms with Crippen LogP contribution in [0.4, 0.5) is 8.78 Å². The van der Waals surface area contributed by atoms with E-state index >= 15 is 0 Å². The van der Waals surface area contributed by atoms with Crippen LogP contribution in [0.1, 0.15) is 18.5 Å². The molecule has 0 amide bonds. The number of nitrogens with zero attached hydrogens (tertiary/aromatic N) is 1. The highest BCUT2D eigenvalue weighted by molar-refractivity contribution is 5.65. The van der Waals surface area contributed by atoms with Gasteiger partial charge in [0.2, 0.25) is 0 Å². The number of rotatable bonds is 6. The second kappa shape index (κ2) is 7.13. The van der Waals surface area contributed by atoms with E-state index in [2.05, 4.69) is 0 Å². The summed E-state index contributed by atoms with van der Waals surface area (Å²) in [6, 6.07) is 1.94. The second-order valence-electron chi connectivity index (χ2n) is 3.78. The lowest BCUT2D eigenvalue weighted by molar-refractivity contribution is -0.228. The van der Waals surface area contributed by atoms with E-state index in [1.165, 1.54) is 13.2 Å². The molecule has 0 fully saturated rings. The number of hydrogen-bond donors (Lipinski definition) is 1. The minimum Gasteiger partial charge on any atom is -0.394 e. The third kappa shape index (κ3) is 4.23. The van der Waals surface area contributed by atoms with Gasteiger partial charge >= 0.3 is 5.97 Å². The first-order chi connectivity index (χ1) is 8.99. The number of methoxy groups -OCH3 is 1. The molecule has 1 aromatic rings. The van der Waals surface area contributed by atoms with Crippen molar-refractivity contribution in [1.29, 1.82) is 0 Å². The largest absolute Gasteiger partial charge is 0.394 e. The standard InChI is InChI=1S/C12H15F2NO4/c1-8(17)19-15(7-18-2)12(6-16)10-4-3-9(13)5-11(10)14/h3-5,12,16H,6-7H2,1-2H3. The Bertz CT molecular complexity index is 442. The Balaban J connectivity index is 3.04. The average Bonchev–Trinajstić information content (AvgIpc) is 2.32. The fourth-order valence-electron chi connectivity index (χ4n) is 1.59. The lowest BCUT2D eigenvalue weighted by Gasteiger charge is -2.27. The molecule has 0 radical (unpaired) electrons. The van der Waals surface area contributed by atoms with E-state index < -0.39 is 30.3 Å². The van der Waals surface area contributed by atoms with E-state index in [4.69, 9.17) is 9.57 Å². The van der Waals surface area contributed by atoms with Gasteiger partial charge in [-0.15, -0.1) is 5.06 Å². The first kappa shape index (κ1) is 15.5. The van der Waals surface area contributed by atoms with Gasteiger partial charge in [0, 0.05) is 25.7 Å². The zero-order valence-corrected chi connectivity index (χ0v) is 10.6. The van der Waals surface area contributed by atoms with Crippen LogP contribution in [0.3, 0.4) is 0 Å². The predicted octanol–water partition coefficient (Wildman–Crippen LogP) is 1.38. The van der Waals surface area contributed by atoms with Crippen LogP contribution < -0.4 is 0 Å². The van der Waals surface area contributed by atoms with Gasteiger partial charge in [-0.2, -0.15) is 0 Å². The van der Waals surface area contributed by atoms with Crippen molar-refractivity contribution in [3.05, 3.63) is 35.4 Å². The number of benzene rings is 1. The molecule has 0 heterocycles. The van der Waals surface area contributed by atoms with Crippen LogP contribution in [0.15, 0.2) is 18.2 Å². The van der Waals surface area contributed by atoms with E-state index in [1.807, 2.05) is 0 Å². The number of halogens is 2. The summed E-state index contributed by atoms with van der Waals surface area (Å²) in [6.07, 6.45) is 0. The fourth-order valence-corrected chi connectivity index (χ4v) is 1.59. The number of hydrogen-bond acceptors (Lipinski definition) is 5. The van der Waals surface area contributed by atoms with Gasteiger partial charge in [0.05, 0.1) is 12.6 Å². The summed E-state index contributed by atoms with van der Waals surface area (Å²) >= 11 is 0. The van der Waals surface area contributed by atoms with E-state index in [0.29, 0.717) is 6.07 Å². The molecule has 106 valence electrons. The molecular weight excluding hydrogens is 260 g/mol. The van der Waals surface area contributed by atoms with E-state index in [1.54, 1.807) is 0 Å². The quantitative estimate of drug-likeness (QED) is 0.628. The molecule has 0 aliphatic carbocycles. The molecule has 0 spiro atoms. The molecule has 1 unspecified atom stereocenters. The van der Waals surface area contributed by atoms with E-state index in [9.17, 15) is 18.7 Å². The topological polar surface area (TPSA) is 59.0 Å². The van der Waals surface area contributed by atoms with Crippen LogP contribution in [0, 0.1) is 11.6 Å². The first-order valence-electron chi connectivity index (χ1n) is 5.49. The van der Waals surface area contributed by atoms with Crippen molar-refractivity contribution in [2.45, 2.75) is 13.0 Å². The molecule has 0 aromatic heterocycles. The third-order valence-corrected chi connectivity index (χ3v) is 2.34. The van der Waals surface area contributed by atoms with Crippen molar-refractivity contribution >= 4 is 5.97 Å². The van der Waals surface area contributed by atoms with E-state index in [-0.39, 0.29) is 12.3 Å². The van der Waals surface area contributed by atoms with Gasteiger partial charge in [0.15, 0.2) is 0 Å². The maximum atomic E-state index is 13.7. The summed E-state index contributed by atoms with van der Waals surface area (Å²) in [5.41, 5.74) is 0.00204. The molecule has 19 heavy (non-hydrogen) atoms. The lowest BCUT2D eigenvalue weighted by Crippen LogP contribution is -2.35. The first-order valence-corrected chi connectivity index (χ1v) is 5.49. The highest BCUT2D eigenvalue weighted by Crippen LogP contribution is 2.24. The molecule has 0 saturated heterocycles. The number of aliphatic hydroxyl groups is 1. The molecule has 1 rings (SSSR count). The molecule has 1 atom stereocenters. The summed E-state index contributed by atoms with van der Waals surface area (Å²) in [4.78, 5) is 15.8. The Kier molecular flexibility index (Phi) is 5.81. The summed E-state index contributed by atoms with van der Waals surface area (Å²) in [6.45, 7) is 0.471. The zero-order chi connectivity index (χ0) is 14.4. The molecule has 0 aliphatic heterocycles. The number of ether oxygens (including phenoxy) is 1. The average molecular weight is 275 g/mol. The molecule has 0 bridgehead atoms. The summed E-state index contributed by atoms with van der Waals surface area (Å²) in [7, 11) is 1.35. The Hall–Kier alpha value is -1.57. The van der Waals surface area contributed by atoms with Gasteiger partial charge in [-0.3, -0.25) is 4.79 Å². The minimum absolute atomic E-state index is 0.00204. The Morgan fingerprint density at radius 1 is 1.47 bits per heavy atom. The maximum absolute atomic E-state index is 13.7. The Morgan fingerprint density at radius 2 is 2.16 bits per heavy atom. The number of aliphatic hydroxyl groups excluding tert-OH is 1. The fraction of sp³-hybridized carbons (Fsp3) is 0.417. The summed E-state index contributed by atoms with van der Waals surface area (Å²) in [5.74, 6) is -2.21. The number of hydroxylamine groups is 2. The van der Waals surface area contributed by atoms with Crippen molar-refractivity contribution in [1.82, 2.24) is 5.06 Å². The molecule has 1 aromatic carbocycles.